The van der Waals surface area contributed by atoms with Crippen LogP contribution >= 0.6 is 27.3 Å². The number of halogens is 3. The van der Waals surface area contributed by atoms with Gasteiger partial charge in [0.25, 0.3) is 12.3 Å². The van der Waals surface area contributed by atoms with E-state index in [9.17, 15) is 13.6 Å². The molecular weight excluding hydrogens is 450 g/mol. The summed E-state index contributed by atoms with van der Waals surface area (Å²) in [4.78, 5) is 24.4. The number of fused-ring (bicyclic) bond motifs is 1. The van der Waals surface area contributed by atoms with Crippen molar-refractivity contribution in [2.45, 2.75) is 13.3 Å². The van der Waals surface area contributed by atoms with Crippen LogP contribution in [0.1, 0.15) is 27.5 Å². The maximum Gasteiger partial charge on any atom is 0.295 e. The van der Waals surface area contributed by atoms with Gasteiger partial charge in [-0.05, 0) is 37.3 Å². The standard InChI is InChI=1S/C19H13BrF2N4OS/c1-9-15(10-2-5-12(20)6-3-10)25-19(28-9)26-18(27)11-4-7-13-14(8-11)24-17(23-13)16(21)22/h2-8,16H,1H3,(H,23,24)(H,25,26,27). The zero-order valence-electron chi connectivity index (χ0n) is 14.5. The number of nitrogens with one attached hydrogen (secondary N) is 2. The number of aromatic nitrogens is 3. The second kappa shape index (κ2) is 7.40. The number of aromatic amines is 1. The van der Waals surface area contributed by atoms with Gasteiger partial charge < -0.3 is 4.98 Å². The van der Waals surface area contributed by atoms with Gasteiger partial charge in [0, 0.05) is 20.5 Å². The van der Waals surface area contributed by atoms with Crippen LogP contribution in [0.15, 0.2) is 46.9 Å². The summed E-state index contributed by atoms with van der Waals surface area (Å²) in [6, 6.07) is 12.3. The van der Waals surface area contributed by atoms with Crippen LogP contribution in [0, 0.1) is 6.92 Å². The van der Waals surface area contributed by atoms with Crippen LogP contribution in [0.4, 0.5) is 13.9 Å². The summed E-state index contributed by atoms with van der Waals surface area (Å²) in [6.07, 6.45) is -2.69. The molecule has 2 heterocycles. The van der Waals surface area contributed by atoms with E-state index in [1.54, 1.807) is 6.07 Å². The number of carbonyl (C=O) groups is 1. The van der Waals surface area contributed by atoms with E-state index in [1.807, 2.05) is 31.2 Å². The van der Waals surface area contributed by atoms with Crippen molar-refractivity contribution < 1.29 is 13.6 Å². The Balaban J connectivity index is 1.57. The van der Waals surface area contributed by atoms with Crippen molar-refractivity contribution in [2.75, 3.05) is 5.32 Å². The molecule has 0 spiro atoms. The van der Waals surface area contributed by atoms with Crippen molar-refractivity contribution in [3.05, 3.63) is 63.2 Å². The molecule has 2 aromatic carbocycles. The molecule has 0 aliphatic rings. The molecular formula is C19H13BrF2N4OS. The Morgan fingerprint density at radius 3 is 2.64 bits per heavy atom. The minimum absolute atomic E-state index is 0.329. The number of rotatable bonds is 4. The van der Waals surface area contributed by atoms with Crippen LogP contribution in [0.2, 0.25) is 0 Å². The summed E-state index contributed by atoms with van der Waals surface area (Å²) in [5, 5.41) is 3.24. The smallest absolute Gasteiger partial charge is 0.295 e. The van der Waals surface area contributed by atoms with Crippen LogP contribution in [-0.2, 0) is 0 Å². The van der Waals surface area contributed by atoms with Gasteiger partial charge in [-0.15, -0.1) is 11.3 Å². The molecule has 9 heteroatoms. The summed E-state index contributed by atoms with van der Waals surface area (Å²) in [5.41, 5.74) is 2.85. The van der Waals surface area contributed by atoms with E-state index in [2.05, 4.69) is 36.2 Å². The number of imidazole rings is 1. The maximum atomic E-state index is 12.8. The lowest BCUT2D eigenvalue weighted by molar-refractivity contribution is 0.102. The van der Waals surface area contributed by atoms with E-state index in [-0.39, 0.29) is 5.91 Å². The van der Waals surface area contributed by atoms with Crippen LogP contribution in [0.5, 0.6) is 0 Å². The number of benzene rings is 2. The third kappa shape index (κ3) is 3.67. The van der Waals surface area contributed by atoms with Crippen molar-refractivity contribution in [2.24, 2.45) is 0 Å². The molecule has 0 radical (unpaired) electrons. The fourth-order valence-corrected chi connectivity index (χ4v) is 3.86. The Labute approximate surface area is 171 Å². The second-order valence-electron chi connectivity index (χ2n) is 6.04. The minimum Gasteiger partial charge on any atom is -0.337 e. The van der Waals surface area contributed by atoms with Gasteiger partial charge in [-0.2, -0.15) is 0 Å². The van der Waals surface area contributed by atoms with Crippen molar-refractivity contribution in [1.82, 2.24) is 15.0 Å². The molecule has 5 nitrogen and oxygen atoms in total. The first-order valence-electron chi connectivity index (χ1n) is 8.23. The van der Waals surface area contributed by atoms with E-state index in [1.165, 1.54) is 23.5 Å². The predicted octanol–water partition coefficient (Wildman–Crippen LogP) is 5.95. The van der Waals surface area contributed by atoms with Crippen molar-refractivity contribution in [3.63, 3.8) is 0 Å². The van der Waals surface area contributed by atoms with E-state index in [0.717, 1.165) is 20.6 Å². The third-order valence-electron chi connectivity index (χ3n) is 4.10. The third-order valence-corrected chi connectivity index (χ3v) is 5.52. The summed E-state index contributed by atoms with van der Waals surface area (Å²) >= 11 is 4.78. The Morgan fingerprint density at radius 1 is 1.18 bits per heavy atom. The summed E-state index contributed by atoms with van der Waals surface area (Å²) in [6.45, 7) is 1.94. The summed E-state index contributed by atoms with van der Waals surface area (Å²) < 4.78 is 26.5. The first kappa shape index (κ1) is 18.7. The lowest BCUT2D eigenvalue weighted by Gasteiger charge is -2.02. The number of carbonyl (C=O) groups excluding carboxylic acids is 1. The molecule has 0 saturated carbocycles. The highest BCUT2D eigenvalue weighted by molar-refractivity contribution is 9.10. The van der Waals surface area contributed by atoms with Gasteiger partial charge in [0.1, 0.15) is 0 Å². The van der Waals surface area contributed by atoms with Crippen LogP contribution < -0.4 is 5.32 Å². The highest BCUT2D eigenvalue weighted by Gasteiger charge is 2.16. The maximum absolute atomic E-state index is 12.8. The van der Waals surface area contributed by atoms with Crippen molar-refractivity contribution >= 4 is 49.3 Å². The molecule has 1 amide bonds. The second-order valence-corrected chi connectivity index (χ2v) is 8.16. The molecule has 0 bridgehead atoms. The van der Waals surface area contributed by atoms with E-state index >= 15 is 0 Å². The summed E-state index contributed by atoms with van der Waals surface area (Å²) in [5.74, 6) is -0.784. The Hall–Kier alpha value is -2.65. The molecule has 28 heavy (non-hydrogen) atoms. The average Bonchev–Trinajstić information content (AvgIpc) is 3.25. The monoisotopic (exact) mass is 462 g/mol. The molecule has 4 aromatic rings. The molecule has 0 saturated heterocycles. The van der Waals surface area contributed by atoms with E-state index in [0.29, 0.717) is 21.7 Å². The number of anilines is 1. The minimum atomic E-state index is -2.69. The Kier molecular flexibility index (Phi) is 4.94. The summed E-state index contributed by atoms with van der Waals surface area (Å²) in [7, 11) is 0. The van der Waals surface area contributed by atoms with Gasteiger partial charge in [0.05, 0.1) is 16.7 Å². The molecule has 0 atom stereocenters. The first-order chi connectivity index (χ1) is 13.4. The van der Waals surface area contributed by atoms with E-state index in [4.69, 9.17) is 0 Å². The zero-order chi connectivity index (χ0) is 19.8. The lowest BCUT2D eigenvalue weighted by Crippen LogP contribution is -2.11. The molecule has 142 valence electrons. The fraction of sp³-hybridized carbons (Fsp3) is 0.105. The highest BCUT2D eigenvalue weighted by Crippen LogP contribution is 2.31. The number of H-pyrrole nitrogens is 1. The van der Waals surface area contributed by atoms with Crippen molar-refractivity contribution in [3.8, 4) is 11.3 Å². The number of thiazole rings is 1. The SMILES string of the molecule is Cc1sc(NC(=O)c2ccc3nc(C(F)F)[nH]c3c2)nc1-c1ccc(Br)cc1. The van der Waals surface area contributed by atoms with Crippen LogP contribution in [-0.4, -0.2) is 20.9 Å². The number of amides is 1. The number of hydrogen-bond acceptors (Lipinski definition) is 4. The number of aryl methyl sites for hydroxylation is 1. The molecule has 2 N–H and O–H groups in total. The van der Waals surface area contributed by atoms with Gasteiger partial charge in [-0.1, -0.05) is 28.1 Å². The Bertz CT molecular complexity index is 1170. The molecule has 0 aliphatic carbocycles. The molecule has 4 rings (SSSR count). The van der Waals surface area contributed by atoms with Crippen LogP contribution in [0.3, 0.4) is 0 Å². The topological polar surface area (TPSA) is 70.7 Å². The van der Waals surface area contributed by atoms with Gasteiger partial charge in [0.2, 0.25) is 0 Å². The average molecular weight is 463 g/mol. The van der Waals surface area contributed by atoms with Gasteiger partial charge in [-0.25, -0.2) is 18.7 Å². The molecule has 2 aromatic heterocycles. The number of nitrogens with zero attached hydrogens (tertiary/aromatic N) is 2. The van der Waals surface area contributed by atoms with Gasteiger partial charge in [-0.3, -0.25) is 10.1 Å². The largest absolute Gasteiger partial charge is 0.337 e. The predicted molar refractivity (Wildman–Crippen MR) is 109 cm³/mol. The first-order valence-corrected chi connectivity index (χ1v) is 9.84. The van der Waals surface area contributed by atoms with Gasteiger partial charge >= 0.3 is 0 Å². The van der Waals surface area contributed by atoms with Gasteiger partial charge in [0.15, 0.2) is 11.0 Å². The molecule has 0 fully saturated rings. The number of hydrogen-bond donors (Lipinski definition) is 2. The normalized spacial score (nSPS) is 11.3. The zero-order valence-corrected chi connectivity index (χ0v) is 16.9. The highest BCUT2D eigenvalue weighted by atomic mass is 79.9. The van der Waals surface area contributed by atoms with Crippen LogP contribution in [0.25, 0.3) is 22.3 Å². The lowest BCUT2D eigenvalue weighted by atomic mass is 10.1. The molecule has 0 aliphatic heterocycles. The molecule has 0 unspecified atom stereocenters. The fourth-order valence-electron chi connectivity index (χ4n) is 2.77. The number of alkyl halides is 2. The van der Waals surface area contributed by atoms with E-state index < -0.39 is 12.2 Å². The van der Waals surface area contributed by atoms with Crippen molar-refractivity contribution in [1.29, 1.82) is 0 Å². The quantitative estimate of drug-likeness (QED) is 0.393. The Morgan fingerprint density at radius 2 is 1.93 bits per heavy atom.